The fourth-order valence-electron chi connectivity index (χ4n) is 3.61. The number of amides is 1. The highest BCUT2D eigenvalue weighted by Crippen LogP contribution is 2.33. The standard InChI is InChI=1S/C24H22N2O5S/c1-16-3-10-21(11-4-16)32(29,30)26-14-13-18-15-19(7-12-22(18)26)23(27)25-20-8-5-17(6-9-20)24(28)31-2/h3-12,15H,13-14H2,1-2H3,(H,25,27). The molecule has 1 heterocycles. The quantitative estimate of drug-likeness (QED) is 0.597. The number of aryl methyl sites for hydroxylation is 1. The van der Waals surface area contributed by atoms with Crippen LogP contribution in [-0.4, -0.2) is 33.9 Å². The summed E-state index contributed by atoms with van der Waals surface area (Å²) in [5.41, 5.74) is 3.72. The molecule has 3 aromatic carbocycles. The van der Waals surface area contributed by atoms with Gasteiger partial charge in [-0.05, 0) is 73.5 Å². The SMILES string of the molecule is COC(=O)c1ccc(NC(=O)c2ccc3c(c2)CCN3S(=O)(=O)c2ccc(C)cc2)cc1. The molecule has 8 heteroatoms. The molecule has 0 atom stereocenters. The molecule has 0 fully saturated rings. The van der Waals surface area contributed by atoms with Gasteiger partial charge in [-0.1, -0.05) is 17.7 Å². The Balaban J connectivity index is 1.53. The average molecular weight is 451 g/mol. The summed E-state index contributed by atoms with van der Waals surface area (Å²) < 4.78 is 32.2. The lowest BCUT2D eigenvalue weighted by Crippen LogP contribution is -2.29. The van der Waals surface area contributed by atoms with Gasteiger partial charge in [0.05, 0.1) is 23.3 Å². The molecule has 1 aliphatic heterocycles. The van der Waals surface area contributed by atoms with Crippen LogP contribution in [0.4, 0.5) is 11.4 Å². The lowest BCUT2D eigenvalue weighted by molar-refractivity contribution is 0.0600. The zero-order valence-electron chi connectivity index (χ0n) is 17.7. The maximum absolute atomic E-state index is 13.1. The van der Waals surface area contributed by atoms with Crippen LogP contribution in [0.5, 0.6) is 0 Å². The summed E-state index contributed by atoms with van der Waals surface area (Å²) in [6.07, 6.45) is 0.523. The van der Waals surface area contributed by atoms with Gasteiger partial charge in [-0.15, -0.1) is 0 Å². The van der Waals surface area contributed by atoms with Crippen molar-refractivity contribution < 1.29 is 22.7 Å². The zero-order chi connectivity index (χ0) is 22.9. The van der Waals surface area contributed by atoms with Crippen LogP contribution in [0.25, 0.3) is 0 Å². The Morgan fingerprint density at radius 2 is 1.59 bits per heavy atom. The van der Waals surface area contributed by atoms with Gasteiger partial charge in [-0.3, -0.25) is 9.10 Å². The second-order valence-electron chi connectivity index (χ2n) is 7.51. The van der Waals surface area contributed by atoms with Gasteiger partial charge in [0.15, 0.2) is 0 Å². The highest BCUT2D eigenvalue weighted by molar-refractivity contribution is 7.92. The van der Waals surface area contributed by atoms with Crippen LogP contribution >= 0.6 is 0 Å². The monoisotopic (exact) mass is 450 g/mol. The van der Waals surface area contributed by atoms with E-state index in [1.807, 2.05) is 6.92 Å². The molecule has 4 rings (SSSR count). The molecule has 164 valence electrons. The van der Waals surface area contributed by atoms with E-state index >= 15 is 0 Å². The molecule has 1 N–H and O–H groups in total. The molecule has 0 saturated carbocycles. The number of esters is 1. The predicted molar refractivity (Wildman–Crippen MR) is 122 cm³/mol. The summed E-state index contributed by atoms with van der Waals surface area (Å²) in [7, 11) is -2.36. The Morgan fingerprint density at radius 1 is 0.938 bits per heavy atom. The molecule has 0 aromatic heterocycles. The third-order valence-electron chi connectivity index (χ3n) is 5.37. The van der Waals surface area contributed by atoms with Crippen LogP contribution in [0.15, 0.2) is 71.6 Å². The molecule has 0 aliphatic carbocycles. The van der Waals surface area contributed by atoms with Gasteiger partial charge in [0, 0.05) is 17.8 Å². The molecule has 1 aliphatic rings. The summed E-state index contributed by atoms with van der Waals surface area (Å²) in [6, 6.07) is 18.1. The second-order valence-corrected chi connectivity index (χ2v) is 9.37. The fourth-order valence-corrected chi connectivity index (χ4v) is 5.11. The van der Waals surface area contributed by atoms with Gasteiger partial charge in [-0.25, -0.2) is 13.2 Å². The molecule has 0 unspecified atom stereocenters. The van der Waals surface area contributed by atoms with E-state index in [4.69, 9.17) is 0 Å². The van der Waals surface area contributed by atoms with Crippen molar-refractivity contribution in [3.63, 3.8) is 0 Å². The maximum atomic E-state index is 13.1. The lowest BCUT2D eigenvalue weighted by Gasteiger charge is -2.20. The number of rotatable bonds is 5. The van der Waals surface area contributed by atoms with E-state index in [1.54, 1.807) is 66.7 Å². The number of hydrogen-bond donors (Lipinski definition) is 1. The molecular weight excluding hydrogens is 428 g/mol. The fraction of sp³-hybridized carbons (Fsp3) is 0.167. The first-order valence-electron chi connectivity index (χ1n) is 10.0. The highest BCUT2D eigenvalue weighted by Gasteiger charge is 2.31. The Hall–Kier alpha value is -3.65. The Kier molecular flexibility index (Phi) is 5.71. The van der Waals surface area contributed by atoms with E-state index in [0.29, 0.717) is 35.5 Å². The number of anilines is 2. The molecule has 0 radical (unpaired) electrons. The van der Waals surface area contributed by atoms with Crippen molar-refractivity contribution in [2.45, 2.75) is 18.2 Å². The van der Waals surface area contributed by atoms with Crippen LogP contribution in [0.2, 0.25) is 0 Å². The van der Waals surface area contributed by atoms with Gasteiger partial charge in [-0.2, -0.15) is 0 Å². The van der Waals surface area contributed by atoms with Gasteiger partial charge in [0.1, 0.15) is 0 Å². The summed E-state index contributed by atoms with van der Waals surface area (Å²) in [5, 5.41) is 2.78. The van der Waals surface area contributed by atoms with E-state index in [9.17, 15) is 18.0 Å². The topological polar surface area (TPSA) is 92.8 Å². The largest absolute Gasteiger partial charge is 0.465 e. The van der Waals surface area contributed by atoms with E-state index in [0.717, 1.165) is 11.1 Å². The smallest absolute Gasteiger partial charge is 0.337 e. The number of methoxy groups -OCH3 is 1. The summed E-state index contributed by atoms with van der Waals surface area (Å²) in [5.74, 6) is -0.773. The van der Waals surface area contributed by atoms with Crippen LogP contribution < -0.4 is 9.62 Å². The molecule has 0 saturated heterocycles. The second kappa shape index (κ2) is 8.47. The molecule has 7 nitrogen and oxygen atoms in total. The predicted octanol–water partition coefficient (Wildman–Crippen LogP) is 3.79. The zero-order valence-corrected chi connectivity index (χ0v) is 18.5. The van der Waals surface area contributed by atoms with E-state index < -0.39 is 16.0 Å². The van der Waals surface area contributed by atoms with Crippen molar-refractivity contribution in [1.29, 1.82) is 0 Å². The number of fused-ring (bicyclic) bond motifs is 1. The third kappa shape index (κ3) is 4.09. The van der Waals surface area contributed by atoms with Crippen LogP contribution in [0, 0.1) is 6.92 Å². The molecule has 0 bridgehead atoms. The lowest BCUT2D eigenvalue weighted by atomic mass is 10.1. The highest BCUT2D eigenvalue weighted by atomic mass is 32.2. The average Bonchev–Trinajstić information content (AvgIpc) is 3.23. The number of carbonyl (C=O) groups is 2. The summed E-state index contributed by atoms with van der Waals surface area (Å²) >= 11 is 0. The number of benzene rings is 3. The maximum Gasteiger partial charge on any atom is 0.337 e. The molecule has 32 heavy (non-hydrogen) atoms. The van der Waals surface area contributed by atoms with Gasteiger partial charge >= 0.3 is 5.97 Å². The normalized spacial score (nSPS) is 12.9. The van der Waals surface area contributed by atoms with Crippen molar-refractivity contribution in [3.8, 4) is 0 Å². The van der Waals surface area contributed by atoms with Crippen LogP contribution in [0.3, 0.4) is 0 Å². The summed E-state index contributed by atoms with van der Waals surface area (Å²) in [6.45, 7) is 2.23. The van der Waals surface area contributed by atoms with Crippen molar-refractivity contribution in [2.75, 3.05) is 23.3 Å². The Morgan fingerprint density at radius 3 is 2.25 bits per heavy atom. The summed E-state index contributed by atoms with van der Waals surface area (Å²) in [4.78, 5) is 24.5. The molecular formula is C24H22N2O5S. The van der Waals surface area contributed by atoms with Gasteiger partial charge < -0.3 is 10.1 Å². The number of sulfonamides is 1. The van der Waals surface area contributed by atoms with Crippen molar-refractivity contribution in [2.24, 2.45) is 0 Å². The number of ether oxygens (including phenoxy) is 1. The number of carbonyl (C=O) groups excluding carboxylic acids is 2. The van der Waals surface area contributed by atoms with Crippen LogP contribution in [0.1, 0.15) is 31.8 Å². The minimum Gasteiger partial charge on any atom is -0.465 e. The first kappa shape index (κ1) is 21.6. The van der Waals surface area contributed by atoms with Crippen molar-refractivity contribution in [3.05, 3.63) is 89.0 Å². The molecule has 3 aromatic rings. The number of nitrogens with one attached hydrogen (secondary N) is 1. The van der Waals surface area contributed by atoms with Crippen molar-refractivity contribution >= 4 is 33.3 Å². The first-order chi connectivity index (χ1) is 15.3. The minimum atomic E-state index is -3.67. The van der Waals surface area contributed by atoms with E-state index in [-0.39, 0.29) is 10.8 Å². The Bertz CT molecular complexity index is 1280. The van der Waals surface area contributed by atoms with Crippen LogP contribution in [-0.2, 0) is 21.2 Å². The van der Waals surface area contributed by atoms with E-state index in [1.165, 1.54) is 11.4 Å². The third-order valence-corrected chi connectivity index (χ3v) is 7.19. The molecule has 0 spiro atoms. The number of hydrogen-bond acceptors (Lipinski definition) is 5. The van der Waals surface area contributed by atoms with Gasteiger partial charge in [0.25, 0.3) is 15.9 Å². The van der Waals surface area contributed by atoms with E-state index in [2.05, 4.69) is 10.1 Å². The molecule has 1 amide bonds. The Labute approximate surface area is 186 Å². The number of nitrogens with zero attached hydrogens (tertiary/aromatic N) is 1. The first-order valence-corrected chi connectivity index (χ1v) is 11.5. The van der Waals surface area contributed by atoms with Gasteiger partial charge in [0.2, 0.25) is 0 Å². The van der Waals surface area contributed by atoms with Crippen molar-refractivity contribution in [1.82, 2.24) is 0 Å². The minimum absolute atomic E-state index is 0.244.